The number of ether oxygens (including phenoxy) is 1. The number of carbonyl (C=O) groups excluding carboxylic acids is 2. The van der Waals surface area contributed by atoms with Crippen molar-refractivity contribution in [1.29, 1.82) is 0 Å². The molecule has 1 aliphatic carbocycles. The second-order valence-electron chi connectivity index (χ2n) is 8.81. The van der Waals surface area contributed by atoms with Crippen LogP contribution < -0.4 is 11.1 Å². The molecule has 1 fully saturated rings. The van der Waals surface area contributed by atoms with Gasteiger partial charge in [-0.25, -0.2) is 4.79 Å². The smallest absolute Gasteiger partial charge is 0.339 e. The maximum absolute atomic E-state index is 12.7. The molecule has 30 heavy (non-hydrogen) atoms. The molecule has 1 atom stereocenters. The van der Waals surface area contributed by atoms with Crippen molar-refractivity contribution in [2.45, 2.75) is 56.6 Å². The number of nitrogens with two attached hydrogens (primary N) is 1. The van der Waals surface area contributed by atoms with E-state index >= 15 is 0 Å². The van der Waals surface area contributed by atoms with Crippen LogP contribution in [-0.2, 0) is 14.9 Å². The second-order valence-corrected chi connectivity index (χ2v) is 9.66. The second kappa shape index (κ2) is 7.47. The average molecular weight is 447 g/mol. The van der Waals surface area contributed by atoms with E-state index in [9.17, 15) is 9.59 Å². The molecule has 5 nitrogen and oxygen atoms in total. The molecule has 158 valence electrons. The summed E-state index contributed by atoms with van der Waals surface area (Å²) in [4.78, 5) is 24.5. The zero-order valence-corrected chi connectivity index (χ0v) is 18.4. The van der Waals surface area contributed by atoms with Crippen LogP contribution in [0.5, 0.6) is 0 Å². The van der Waals surface area contributed by atoms with Gasteiger partial charge in [0.05, 0.1) is 11.6 Å². The van der Waals surface area contributed by atoms with Crippen molar-refractivity contribution in [2.24, 2.45) is 5.73 Å². The number of fused-ring (bicyclic) bond motifs is 1. The highest BCUT2D eigenvalue weighted by Gasteiger charge is 2.47. The summed E-state index contributed by atoms with van der Waals surface area (Å²) < 4.78 is 5.53. The Morgan fingerprint density at radius 1 is 1.13 bits per heavy atom. The van der Waals surface area contributed by atoms with E-state index in [-0.39, 0.29) is 11.5 Å². The molecule has 2 aliphatic rings. The largest absolute Gasteiger partial charge is 0.445 e. The van der Waals surface area contributed by atoms with Gasteiger partial charge in [-0.2, -0.15) is 0 Å². The van der Waals surface area contributed by atoms with Gasteiger partial charge >= 0.3 is 5.97 Å². The number of hydrogen-bond donors (Lipinski definition) is 2. The van der Waals surface area contributed by atoms with Gasteiger partial charge in [-0.15, -0.1) is 0 Å². The van der Waals surface area contributed by atoms with Crippen LogP contribution in [0, 0.1) is 0 Å². The highest BCUT2D eigenvalue weighted by Crippen LogP contribution is 2.46. The minimum atomic E-state index is -1.16. The number of anilines is 1. The Hall–Kier alpha value is -2.24. The molecule has 1 unspecified atom stereocenters. The Kier molecular flexibility index (Phi) is 5.23. The van der Waals surface area contributed by atoms with Crippen LogP contribution in [0.15, 0.2) is 36.4 Å². The SMILES string of the molecule is CC1(C)CC(c2cc(Cl)ccc2Cl)Nc2ccc(C(=O)OC3(C(N)=O)CCC3)cc21. The molecule has 1 heterocycles. The molecule has 0 saturated heterocycles. The van der Waals surface area contributed by atoms with Gasteiger partial charge in [0, 0.05) is 15.7 Å². The zero-order valence-electron chi connectivity index (χ0n) is 16.9. The lowest BCUT2D eigenvalue weighted by Crippen LogP contribution is -2.52. The molecule has 0 spiro atoms. The van der Waals surface area contributed by atoms with Gasteiger partial charge in [-0.3, -0.25) is 4.79 Å². The van der Waals surface area contributed by atoms with Crippen molar-refractivity contribution in [1.82, 2.24) is 0 Å². The van der Waals surface area contributed by atoms with Crippen molar-refractivity contribution >= 4 is 40.8 Å². The number of primary amides is 1. The zero-order chi connectivity index (χ0) is 21.7. The van der Waals surface area contributed by atoms with E-state index in [1.165, 1.54) is 0 Å². The third-order valence-corrected chi connectivity index (χ3v) is 6.84. The normalized spacial score (nSPS) is 21.0. The Morgan fingerprint density at radius 2 is 1.87 bits per heavy atom. The van der Waals surface area contributed by atoms with Gasteiger partial charge in [0.1, 0.15) is 0 Å². The number of carbonyl (C=O) groups is 2. The maximum atomic E-state index is 12.7. The van der Waals surface area contributed by atoms with Gasteiger partial charge in [-0.05, 0) is 78.6 Å². The summed E-state index contributed by atoms with van der Waals surface area (Å²) in [5.41, 5.74) is 7.36. The van der Waals surface area contributed by atoms with E-state index in [2.05, 4.69) is 19.2 Å². The minimum absolute atomic E-state index is 0.00962. The lowest BCUT2D eigenvalue weighted by atomic mass is 9.73. The van der Waals surface area contributed by atoms with Crippen LogP contribution >= 0.6 is 23.2 Å². The Labute approximate surface area is 185 Å². The van der Waals surface area contributed by atoms with E-state index in [0.717, 1.165) is 29.7 Å². The summed E-state index contributed by atoms with van der Waals surface area (Å²) in [7, 11) is 0. The lowest BCUT2D eigenvalue weighted by molar-refractivity contribution is -0.146. The van der Waals surface area contributed by atoms with Gasteiger partial charge < -0.3 is 15.8 Å². The molecule has 4 rings (SSSR count). The molecule has 1 aliphatic heterocycles. The van der Waals surface area contributed by atoms with Gasteiger partial charge in [-0.1, -0.05) is 37.0 Å². The van der Waals surface area contributed by atoms with Crippen LogP contribution in [0.25, 0.3) is 0 Å². The van der Waals surface area contributed by atoms with Crippen molar-refractivity contribution in [3.05, 3.63) is 63.1 Å². The van der Waals surface area contributed by atoms with Gasteiger partial charge in [0.2, 0.25) is 0 Å². The first kappa shape index (κ1) is 21.0. The first-order valence-corrected chi connectivity index (χ1v) is 10.8. The van der Waals surface area contributed by atoms with Gasteiger partial charge in [0.15, 0.2) is 5.60 Å². The first-order chi connectivity index (χ1) is 14.1. The standard InChI is InChI=1S/C23H24Cl2N2O3/c1-22(2)12-19(15-11-14(24)5-6-17(15)25)27-18-7-4-13(10-16(18)22)20(28)30-23(21(26)29)8-3-9-23/h4-7,10-11,19,27H,3,8-9,12H2,1-2H3,(H2,26,29). The highest BCUT2D eigenvalue weighted by atomic mass is 35.5. The minimum Gasteiger partial charge on any atom is -0.445 e. The van der Waals surface area contributed by atoms with Crippen molar-refractivity contribution in [3.63, 3.8) is 0 Å². The summed E-state index contributed by atoms with van der Waals surface area (Å²) in [6, 6.07) is 10.9. The van der Waals surface area contributed by atoms with Gasteiger partial charge in [0.25, 0.3) is 5.91 Å². The van der Waals surface area contributed by atoms with Crippen molar-refractivity contribution < 1.29 is 14.3 Å². The topological polar surface area (TPSA) is 81.4 Å². The van der Waals surface area contributed by atoms with E-state index < -0.39 is 17.5 Å². The molecule has 0 aromatic heterocycles. The monoisotopic (exact) mass is 446 g/mol. The molecular formula is C23H24Cl2N2O3. The Balaban J connectivity index is 1.62. The number of esters is 1. The lowest BCUT2D eigenvalue weighted by Gasteiger charge is -2.40. The number of amides is 1. The highest BCUT2D eigenvalue weighted by molar-refractivity contribution is 6.33. The summed E-state index contributed by atoms with van der Waals surface area (Å²) in [6.07, 6.45) is 2.55. The van der Waals surface area contributed by atoms with Crippen LogP contribution in [0.2, 0.25) is 10.0 Å². The summed E-state index contributed by atoms with van der Waals surface area (Å²) in [5, 5.41) is 4.82. The van der Waals surface area contributed by atoms with E-state index in [4.69, 9.17) is 33.7 Å². The average Bonchev–Trinajstić information content (AvgIpc) is 2.65. The summed E-state index contributed by atoms with van der Waals surface area (Å²) >= 11 is 12.6. The molecule has 0 radical (unpaired) electrons. The molecule has 1 saturated carbocycles. The number of nitrogens with one attached hydrogen (secondary N) is 1. The summed E-state index contributed by atoms with van der Waals surface area (Å²) in [6.45, 7) is 4.26. The van der Waals surface area contributed by atoms with Crippen LogP contribution in [0.1, 0.15) is 67.1 Å². The predicted molar refractivity (Wildman–Crippen MR) is 118 cm³/mol. The molecule has 2 aromatic carbocycles. The number of benzene rings is 2. The van der Waals surface area contributed by atoms with Crippen molar-refractivity contribution in [2.75, 3.05) is 5.32 Å². The van der Waals surface area contributed by atoms with Crippen LogP contribution in [0.4, 0.5) is 5.69 Å². The number of hydrogen-bond acceptors (Lipinski definition) is 4. The Morgan fingerprint density at radius 3 is 2.50 bits per heavy atom. The third kappa shape index (κ3) is 3.65. The molecule has 0 bridgehead atoms. The van der Waals surface area contributed by atoms with Crippen molar-refractivity contribution in [3.8, 4) is 0 Å². The molecular weight excluding hydrogens is 423 g/mol. The van der Waals surface area contributed by atoms with E-state index in [0.29, 0.717) is 28.5 Å². The number of halogens is 2. The fourth-order valence-corrected chi connectivity index (χ4v) is 4.75. The Bertz CT molecular complexity index is 1030. The quantitative estimate of drug-likeness (QED) is 0.616. The molecule has 2 aromatic rings. The number of rotatable bonds is 4. The fourth-order valence-electron chi connectivity index (χ4n) is 4.32. The maximum Gasteiger partial charge on any atom is 0.339 e. The fraction of sp³-hybridized carbons (Fsp3) is 0.391. The van der Waals surface area contributed by atoms with Crippen LogP contribution in [0.3, 0.4) is 0 Å². The molecule has 3 N–H and O–H groups in total. The van der Waals surface area contributed by atoms with E-state index in [1.807, 2.05) is 18.2 Å². The first-order valence-electron chi connectivity index (χ1n) is 10.0. The van der Waals surface area contributed by atoms with E-state index in [1.54, 1.807) is 18.2 Å². The summed E-state index contributed by atoms with van der Waals surface area (Å²) in [5.74, 6) is -1.10. The predicted octanol–water partition coefficient (Wildman–Crippen LogP) is 5.39. The third-order valence-electron chi connectivity index (χ3n) is 6.26. The molecule has 7 heteroatoms. The van der Waals surface area contributed by atoms with Crippen LogP contribution in [-0.4, -0.2) is 17.5 Å². The molecule has 1 amide bonds.